The smallest absolute Gasteiger partial charge is 0.334 e. The van der Waals surface area contributed by atoms with Gasteiger partial charge < -0.3 is 9.64 Å². The van der Waals surface area contributed by atoms with Crippen molar-refractivity contribution in [2.75, 3.05) is 20.6 Å². The third-order valence-electron chi connectivity index (χ3n) is 4.92. The number of halogens is 1. The minimum atomic E-state index is -0.527. The van der Waals surface area contributed by atoms with Crippen LogP contribution in [-0.2, 0) is 9.53 Å². The van der Waals surface area contributed by atoms with Crippen LogP contribution >= 0.6 is 11.6 Å². The molecule has 0 fully saturated rings. The number of nitrogens with zero attached hydrogens (tertiary/aromatic N) is 1. The van der Waals surface area contributed by atoms with E-state index >= 15 is 0 Å². The Balaban J connectivity index is 3.41. The molecule has 0 bridgehead atoms. The van der Waals surface area contributed by atoms with Gasteiger partial charge in [-0.3, -0.25) is 0 Å². The van der Waals surface area contributed by atoms with Crippen LogP contribution in [0.2, 0.25) is 0 Å². The van der Waals surface area contributed by atoms with E-state index in [0.29, 0.717) is 12.0 Å². The molecule has 4 heteroatoms. The molecule has 0 spiro atoms. The van der Waals surface area contributed by atoms with Crippen LogP contribution in [0.4, 0.5) is 0 Å². The van der Waals surface area contributed by atoms with Crippen LogP contribution in [0.3, 0.4) is 0 Å². The molecule has 0 amide bonds. The van der Waals surface area contributed by atoms with Gasteiger partial charge in [-0.2, -0.15) is 0 Å². The summed E-state index contributed by atoms with van der Waals surface area (Å²) in [6, 6.07) is 0. The van der Waals surface area contributed by atoms with Crippen molar-refractivity contribution >= 4 is 17.6 Å². The summed E-state index contributed by atoms with van der Waals surface area (Å²) in [4.78, 5) is 13.9. The van der Waals surface area contributed by atoms with E-state index in [2.05, 4.69) is 13.5 Å². The molecule has 0 aromatic carbocycles. The van der Waals surface area contributed by atoms with Crippen molar-refractivity contribution in [2.24, 2.45) is 0 Å². The lowest BCUT2D eigenvalue weighted by atomic mass is 10.0. The first-order valence-electron chi connectivity index (χ1n) is 11.1. The number of carbonyl (C=O) groups is 1. The number of carbonyl (C=O) groups excluding carboxylic acids is 1. The minimum Gasteiger partial charge on any atom is -0.443 e. The molecule has 0 saturated heterocycles. The molecule has 27 heavy (non-hydrogen) atoms. The highest BCUT2D eigenvalue weighted by Crippen LogP contribution is 2.16. The zero-order chi connectivity index (χ0) is 20.3. The number of esters is 1. The fourth-order valence-corrected chi connectivity index (χ4v) is 3.28. The second kappa shape index (κ2) is 18.8. The Morgan fingerprint density at radius 3 is 1.78 bits per heavy atom. The van der Waals surface area contributed by atoms with Gasteiger partial charge >= 0.3 is 5.97 Å². The zero-order valence-corrected chi connectivity index (χ0v) is 19.0. The first-order chi connectivity index (χ1) is 13.0. The molecule has 1 atom stereocenters. The highest BCUT2D eigenvalue weighted by atomic mass is 35.5. The van der Waals surface area contributed by atoms with E-state index < -0.39 is 5.56 Å². The summed E-state index contributed by atoms with van der Waals surface area (Å²) in [5.41, 5.74) is -0.0268. The van der Waals surface area contributed by atoms with Crippen LogP contribution in [-0.4, -0.2) is 37.1 Å². The topological polar surface area (TPSA) is 29.5 Å². The van der Waals surface area contributed by atoms with E-state index in [-0.39, 0.29) is 5.97 Å². The lowest BCUT2D eigenvalue weighted by Gasteiger charge is -2.14. The van der Waals surface area contributed by atoms with E-state index in [0.717, 1.165) is 19.4 Å². The van der Waals surface area contributed by atoms with Gasteiger partial charge in [0.2, 0.25) is 0 Å². The summed E-state index contributed by atoms with van der Waals surface area (Å²) >= 11 is 6.13. The lowest BCUT2D eigenvalue weighted by molar-refractivity contribution is -0.141. The van der Waals surface area contributed by atoms with Crippen LogP contribution < -0.4 is 0 Å². The average molecular weight is 402 g/mol. The van der Waals surface area contributed by atoms with Crippen molar-refractivity contribution in [3.05, 3.63) is 12.2 Å². The van der Waals surface area contributed by atoms with E-state index in [1.807, 2.05) is 19.0 Å². The van der Waals surface area contributed by atoms with Crippen LogP contribution in [0.5, 0.6) is 0 Å². The van der Waals surface area contributed by atoms with E-state index in [9.17, 15) is 4.79 Å². The Bertz CT molecular complexity index is 371. The monoisotopic (exact) mass is 401 g/mol. The number of ether oxygens (including phenoxy) is 1. The predicted octanol–water partition coefficient (Wildman–Crippen LogP) is 7.08. The summed E-state index contributed by atoms with van der Waals surface area (Å²) in [5, 5.41) is 0. The summed E-state index contributed by atoms with van der Waals surface area (Å²) in [6.45, 7) is 6.85. The summed E-state index contributed by atoms with van der Waals surface area (Å²) in [7, 11) is 3.94. The second-order valence-corrected chi connectivity index (χ2v) is 8.49. The molecule has 0 heterocycles. The molecule has 1 unspecified atom stereocenters. The summed E-state index contributed by atoms with van der Waals surface area (Å²) in [5.74, 6) is -0.355. The van der Waals surface area contributed by atoms with E-state index in [1.165, 1.54) is 77.0 Å². The summed E-state index contributed by atoms with van der Waals surface area (Å²) in [6.07, 6.45) is 18.6. The lowest BCUT2D eigenvalue weighted by Crippen LogP contribution is -2.19. The molecule has 0 aliphatic heterocycles. The van der Waals surface area contributed by atoms with Gasteiger partial charge in [0.25, 0.3) is 0 Å². The van der Waals surface area contributed by atoms with E-state index in [4.69, 9.17) is 16.3 Å². The minimum absolute atomic E-state index is 0.355. The SMILES string of the molecule is C=C(CCN(C)C)C(=O)OC(Cl)CCCCCCCCCCCCCCC. The van der Waals surface area contributed by atoms with Gasteiger partial charge in [-0.25, -0.2) is 4.79 Å². The van der Waals surface area contributed by atoms with Gasteiger partial charge in [-0.05, 0) is 33.4 Å². The number of hydrogen-bond acceptors (Lipinski definition) is 3. The molecule has 0 N–H and O–H groups in total. The van der Waals surface area contributed by atoms with Crippen LogP contribution in [0.25, 0.3) is 0 Å². The van der Waals surface area contributed by atoms with Gasteiger partial charge in [-0.1, -0.05) is 102 Å². The maximum atomic E-state index is 11.9. The van der Waals surface area contributed by atoms with Gasteiger partial charge in [0, 0.05) is 12.1 Å². The Labute approximate surface area is 173 Å². The third-order valence-corrected chi connectivity index (χ3v) is 5.23. The molecular weight excluding hydrogens is 358 g/mol. The van der Waals surface area contributed by atoms with Gasteiger partial charge in [-0.15, -0.1) is 0 Å². The number of unbranched alkanes of at least 4 members (excludes halogenated alkanes) is 12. The van der Waals surface area contributed by atoms with Crippen molar-refractivity contribution in [3.63, 3.8) is 0 Å². The number of hydrogen-bond donors (Lipinski definition) is 0. The summed E-state index contributed by atoms with van der Waals surface area (Å²) < 4.78 is 5.26. The van der Waals surface area contributed by atoms with Crippen molar-refractivity contribution in [1.29, 1.82) is 0 Å². The Kier molecular flexibility index (Phi) is 18.4. The van der Waals surface area contributed by atoms with Gasteiger partial charge in [0.1, 0.15) is 0 Å². The largest absolute Gasteiger partial charge is 0.443 e. The fraction of sp³-hybridized carbons (Fsp3) is 0.870. The van der Waals surface area contributed by atoms with Gasteiger partial charge in [0.05, 0.1) is 0 Å². The standard InChI is InChI=1S/C23H44ClNO2/c1-5-6-7-8-9-10-11-12-13-14-15-16-17-18-22(24)27-23(26)21(2)19-20-25(3)4/h22H,2,5-20H2,1,3-4H3. The van der Waals surface area contributed by atoms with Gasteiger partial charge in [0.15, 0.2) is 5.56 Å². The molecular formula is C23H44ClNO2. The Hall–Kier alpha value is -0.540. The maximum Gasteiger partial charge on any atom is 0.334 e. The zero-order valence-electron chi connectivity index (χ0n) is 18.2. The van der Waals surface area contributed by atoms with Crippen molar-refractivity contribution in [2.45, 2.75) is 109 Å². The first kappa shape index (κ1) is 26.5. The molecule has 0 aromatic rings. The van der Waals surface area contributed by atoms with Crippen LogP contribution in [0.15, 0.2) is 12.2 Å². The molecule has 3 nitrogen and oxygen atoms in total. The van der Waals surface area contributed by atoms with Crippen LogP contribution in [0, 0.1) is 0 Å². The number of alkyl halides is 1. The molecule has 160 valence electrons. The molecule has 0 radical (unpaired) electrons. The third kappa shape index (κ3) is 18.6. The van der Waals surface area contributed by atoms with E-state index in [1.54, 1.807) is 0 Å². The number of rotatable bonds is 19. The average Bonchev–Trinajstić information content (AvgIpc) is 2.63. The predicted molar refractivity (Wildman–Crippen MR) is 118 cm³/mol. The molecule has 0 aromatic heterocycles. The highest BCUT2D eigenvalue weighted by Gasteiger charge is 2.14. The second-order valence-electron chi connectivity index (χ2n) is 8.00. The molecule has 0 saturated carbocycles. The maximum absolute atomic E-state index is 11.9. The quantitative estimate of drug-likeness (QED) is 0.100. The Morgan fingerprint density at radius 2 is 1.33 bits per heavy atom. The molecule has 0 aliphatic rings. The fourth-order valence-electron chi connectivity index (χ4n) is 3.04. The highest BCUT2D eigenvalue weighted by molar-refractivity contribution is 6.20. The first-order valence-corrected chi connectivity index (χ1v) is 11.6. The normalized spacial score (nSPS) is 12.3. The van der Waals surface area contributed by atoms with Crippen molar-refractivity contribution < 1.29 is 9.53 Å². The van der Waals surface area contributed by atoms with Crippen molar-refractivity contribution in [1.82, 2.24) is 4.90 Å². The molecule has 0 aliphatic carbocycles. The van der Waals surface area contributed by atoms with Crippen molar-refractivity contribution in [3.8, 4) is 0 Å². The Morgan fingerprint density at radius 1 is 0.889 bits per heavy atom. The van der Waals surface area contributed by atoms with Crippen LogP contribution in [0.1, 0.15) is 103 Å². The molecule has 0 rings (SSSR count).